The lowest BCUT2D eigenvalue weighted by Crippen LogP contribution is -2.04. The average Bonchev–Trinajstić information content (AvgIpc) is 2.74. The Labute approximate surface area is 166 Å². The van der Waals surface area contributed by atoms with Crippen LogP contribution in [0.3, 0.4) is 0 Å². The second kappa shape index (κ2) is 16.9. The third kappa shape index (κ3) is 10.2. The van der Waals surface area contributed by atoms with E-state index in [2.05, 4.69) is 25.1 Å². The maximum atomic E-state index is 5.68. The summed E-state index contributed by atoms with van der Waals surface area (Å²) >= 11 is 0. The van der Waals surface area contributed by atoms with E-state index < -0.39 is 0 Å². The molecule has 150 valence electrons. The first-order valence-corrected chi connectivity index (χ1v) is 9.56. The molecule has 0 N–H and O–H groups in total. The molecule has 1 aromatic rings. The Morgan fingerprint density at radius 3 is 1.93 bits per heavy atom. The van der Waals surface area contributed by atoms with Crippen LogP contribution in [0.4, 0.5) is 0 Å². The Balaban J connectivity index is 0. The smallest absolute Gasteiger partial charge is 0.127 e. The van der Waals surface area contributed by atoms with Crippen molar-refractivity contribution in [2.75, 3.05) is 14.2 Å². The molecule has 27 heavy (non-hydrogen) atoms. The summed E-state index contributed by atoms with van der Waals surface area (Å²) in [4.78, 5) is 4.32. The minimum absolute atomic E-state index is 0.548. The number of aliphatic imine (C=N–C) groups is 1. The van der Waals surface area contributed by atoms with Gasteiger partial charge in [0.1, 0.15) is 17.3 Å². The van der Waals surface area contributed by atoms with E-state index in [9.17, 15) is 0 Å². The van der Waals surface area contributed by atoms with Crippen molar-refractivity contribution in [2.45, 2.75) is 48.0 Å². The summed E-state index contributed by atoms with van der Waals surface area (Å²) in [7, 11) is 3.41. The minimum Gasteiger partial charge on any atom is -0.497 e. The van der Waals surface area contributed by atoms with Crippen molar-refractivity contribution >= 4 is 5.71 Å². The molecule has 3 nitrogen and oxygen atoms in total. The molecule has 0 aliphatic carbocycles. The molecular formula is C24H37NO2. The third-order valence-electron chi connectivity index (χ3n) is 3.33. The lowest BCUT2D eigenvalue weighted by molar-refractivity contribution is 0.411. The number of rotatable bonds is 8. The SMILES string of the molecule is C=C(/C=C\C(=C/C)C(=NC)C(=C)CC)Oc1ccc(OC)cc1.CC.CC. The zero-order valence-corrected chi connectivity index (χ0v) is 18.4. The number of methoxy groups -OCH3 is 1. The molecule has 3 heteroatoms. The van der Waals surface area contributed by atoms with E-state index in [1.54, 1.807) is 14.2 Å². The number of allylic oxidation sites excluding steroid dienone is 5. The predicted molar refractivity (Wildman–Crippen MR) is 121 cm³/mol. The van der Waals surface area contributed by atoms with Crippen LogP contribution in [0.2, 0.25) is 0 Å². The first kappa shape index (κ1) is 26.7. The molecule has 1 rings (SSSR count). The highest BCUT2D eigenvalue weighted by molar-refractivity contribution is 6.13. The summed E-state index contributed by atoms with van der Waals surface area (Å²) in [6.45, 7) is 20.0. The molecule has 0 aliphatic rings. The number of benzene rings is 1. The topological polar surface area (TPSA) is 30.8 Å². The van der Waals surface area contributed by atoms with Gasteiger partial charge >= 0.3 is 0 Å². The van der Waals surface area contributed by atoms with Crippen molar-refractivity contribution in [1.82, 2.24) is 0 Å². The second-order valence-corrected chi connectivity index (χ2v) is 4.85. The third-order valence-corrected chi connectivity index (χ3v) is 3.33. The Morgan fingerprint density at radius 2 is 1.52 bits per heavy atom. The first-order valence-electron chi connectivity index (χ1n) is 9.56. The normalized spacial score (nSPS) is 11.0. The van der Waals surface area contributed by atoms with E-state index in [0.717, 1.165) is 29.0 Å². The molecule has 0 radical (unpaired) electrons. The van der Waals surface area contributed by atoms with Crippen molar-refractivity contribution in [3.05, 3.63) is 72.6 Å². The molecule has 0 aliphatic heterocycles. The van der Waals surface area contributed by atoms with Crippen LogP contribution >= 0.6 is 0 Å². The molecule has 0 spiro atoms. The van der Waals surface area contributed by atoms with Crippen LogP contribution in [0, 0.1) is 0 Å². The molecule has 0 unspecified atom stereocenters. The summed E-state index contributed by atoms with van der Waals surface area (Å²) in [6, 6.07) is 7.37. The van der Waals surface area contributed by atoms with Gasteiger partial charge in [-0.2, -0.15) is 0 Å². The lowest BCUT2D eigenvalue weighted by atomic mass is 10.0. The average molecular weight is 372 g/mol. The standard InChI is InChI=1S/C20H25NO2.2C2H6/c1-7-15(3)20(21-5)17(8-2)10-9-16(4)23-19-13-11-18(22-6)12-14-19;2*1-2/h8-14H,3-4,7H2,1-2,5-6H3;2*1-2H3/b10-9-,17-8+,21-20?;;. The molecule has 0 bridgehead atoms. The largest absolute Gasteiger partial charge is 0.497 e. The van der Waals surface area contributed by atoms with Gasteiger partial charge in [-0.05, 0) is 60.9 Å². The quantitative estimate of drug-likeness (QED) is 0.275. The van der Waals surface area contributed by atoms with Gasteiger partial charge in [0, 0.05) is 7.05 Å². The number of nitrogens with zero attached hydrogens (tertiary/aromatic N) is 1. The van der Waals surface area contributed by atoms with Crippen LogP contribution in [-0.4, -0.2) is 19.9 Å². The second-order valence-electron chi connectivity index (χ2n) is 4.85. The fraction of sp³-hybridized carbons (Fsp3) is 0.375. The van der Waals surface area contributed by atoms with Crippen LogP contribution in [0.1, 0.15) is 48.0 Å². The van der Waals surface area contributed by atoms with Crippen LogP contribution in [0.15, 0.2) is 77.5 Å². The highest BCUT2D eigenvalue weighted by atomic mass is 16.5. The fourth-order valence-corrected chi connectivity index (χ4v) is 1.98. The van der Waals surface area contributed by atoms with Gasteiger partial charge < -0.3 is 9.47 Å². The molecular weight excluding hydrogens is 334 g/mol. The Bertz CT molecular complexity index is 635. The van der Waals surface area contributed by atoms with Crippen LogP contribution in [0.5, 0.6) is 11.5 Å². The Hall–Kier alpha value is -2.55. The summed E-state index contributed by atoms with van der Waals surface area (Å²) < 4.78 is 10.8. The van der Waals surface area contributed by atoms with E-state index >= 15 is 0 Å². The number of hydrogen-bond acceptors (Lipinski definition) is 3. The Morgan fingerprint density at radius 1 is 1.00 bits per heavy atom. The fourth-order valence-electron chi connectivity index (χ4n) is 1.98. The van der Waals surface area contributed by atoms with Crippen molar-refractivity contribution in [3.8, 4) is 11.5 Å². The van der Waals surface area contributed by atoms with Crippen LogP contribution < -0.4 is 9.47 Å². The van der Waals surface area contributed by atoms with Gasteiger partial charge in [-0.25, -0.2) is 0 Å². The van der Waals surface area contributed by atoms with Gasteiger partial charge in [-0.15, -0.1) is 0 Å². The lowest BCUT2D eigenvalue weighted by Gasteiger charge is -2.09. The van der Waals surface area contributed by atoms with Crippen molar-refractivity contribution in [1.29, 1.82) is 0 Å². The monoisotopic (exact) mass is 371 g/mol. The van der Waals surface area contributed by atoms with E-state index in [-0.39, 0.29) is 0 Å². The maximum absolute atomic E-state index is 5.68. The van der Waals surface area contributed by atoms with E-state index in [1.165, 1.54) is 0 Å². The van der Waals surface area contributed by atoms with Gasteiger partial charge in [0.2, 0.25) is 0 Å². The molecule has 0 fully saturated rings. The molecule has 0 amide bonds. The number of ether oxygens (including phenoxy) is 2. The van der Waals surface area contributed by atoms with E-state index in [1.807, 2.05) is 77.1 Å². The summed E-state index contributed by atoms with van der Waals surface area (Å²) in [5, 5.41) is 0. The van der Waals surface area contributed by atoms with Crippen molar-refractivity contribution < 1.29 is 9.47 Å². The summed E-state index contributed by atoms with van der Waals surface area (Å²) in [5.74, 6) is 2.05. The molecule has 0 saturated heterocycles. The van der Waals surface area contributed by atoms with Gasteiger partial charge in [0.05, 0.1) is 12.8 Å². The minimum atomic E-state index is 0.548. The van der Waals surface area contributed by atoms with E-state index in [4.69, 9.17) is 9.47 Å². The zero-order chi connectivity index (χ0) is 21.2. The zero-order valence-electron chi connectivity index (χ0n) is 18.4. The van der Waals surface area contributed by atoms with Crippen molar-refractivity contribution in [3.63, 3.8) is 0 Å². The van der Waals surface area contributed by atoms with Gasteiger partial charge in [-0.3, -0.25) is 4.99 Å². The highest BCUT2D eigenvalue weighted by Crippen LogP contribution is 2.19. The van der Waals surface area contributed by atoms with Crippen molar-refractivity contribution in [2.24, 2.45) is 4.99 Å². The van der Waals surface area contributed by atoms with Gasteiger partial charge in [0.25, 0.3) is 0 Å². The first-order chi connectivity index (χ1) is 13.0. The maximum Gasteiger partial charge on any atom is 0.127 e. The molecule has 0 aromatic heterocycles. The molecule has 0 heterocycles. The van der Waals surface area contributed by atoms with Crippen LogP contribution in [-0.2, 0) is 0 Å². The molecule has 0 atom stereocenters. The molecule has 0 saturated carbocycles. The van der Waals surface area contributed by atoms with Gasteiger partial charge in [0.15, 0.2) is 0 Å². The van der Waals surface area contributed by atoms with E-state index in [0.29, 0.717) is 11.5 Å². The summed E-state index contributed by atoms with van der Waals surface area (Å²) in [6.07, 6.45) is 6.63. The predicted octanol–water partition coefficient (Wildman–Crippen LogP) is 7.18. The molecule has 1 aromatic carbocycles. The number of hydrogen-bond donors (Lipinski definition) is 0. The highest BCUT2D eigenvalue weighted by Gasteiger charge is 2.06. The van der Waals surface area contributed by atoms with Gasteiger partial charge in [-0.1, -0.05) is 53.9 Å². The van der Waals surface area contributed by atoms with Crippen LogP contribution in [0.25, 0.3) is 0 Å². The Kier molecular flexibility index (Phi) is 16.7. The summed E-state index contributed by atoms with van der Waals surface area (Å²) in [5.41, 5.74) is 2.91.